The van der Waals surface area contributed by atoms with E-state index in [9.17, 15) is 47.5 Å². The van der Waals surface area contributed by atoms with Crippen molar-refractivity contribution in [2.45, 2.75) is 203 Å². The summed E-state index contributed by atoms with van der Waals surface area (Å²) < 4.78 is 13.4. The first-order valence-corrected chi connectivity index (χ1v) is 29.5. The molecule has 3 fully saturated rings. The van der Waals surface area contributed by atoms with Gasteiger partial charge in [0.25, 0.3) is 5.91 Å². The Balaban J connectivity index is 0.000000716. The highest BCUT2D eigenvalue weighted by Gasteiger charge is 2.41. The van der Waals surface area contributed by atoms with Crippen LogP contribution in [0.2, 0.25) is 0 Å². The zero-order valence-corrected chi connectivity index (χ0v) is 52.2. The van der Waals surface area contributed by atoms with Crippen molar-refractivity contribution < 1.29 is 47.5 Å². The summed E-state index contributed by atoms with van der Waals surface area (Å²) in [6, 6.07) is 2.87. The average Bonchev–Trinajstić information content (AvgIpc) is 3.77. The molecule has 4 rings (SSSR count). The number of nitrogens with one attached hydrogen (secondary N) is 9. The minimum atomic E-state index is -1.35. The molecule has 0 radical (unpaired) electrons. The maximum absolute atomic E-state index is 13.5. The van der Waals surface area contributed by atoms with E-state index >= 15 is 0 Å². The molecule has 2 saturated heterocycles. The first-order valence-electron chi connectivity index (χ1n) is 29.5. The molecule has 9 amide bonds. The second kappa shape index (κ2) is 36.7. The lowest BCUT2D eigenvalue weighted by molar-refractivity contribution is -0.138. The van der Waals surface area contributed by atoms with Crippen molar-refractivity contribution >= 4 is 53.7 Å². The quantitative estimate of drug-likeness (QED) is 0.0662. The van der Waals surface area contributed by atoms with Gasteiger partial charge in [0, 0.05) is 56.9 Å². The molecule has 1 aromatic carbocycles. The first kappa shape index (κ1) is 73.3. The minimum Gasteiger partial charge on any atom is -0.353 e. The fourth-order valence-electron chi connectivity index (χ4n) is 8.96. The molecule has 9 N–H and O–H groups in total. The van der Waals surface area contributed by atoms with Crippen molar-refractivity contribution in [3.63, 3.8) is 0 Å². The zero-order chi connectivity index (χ0) is 61.7. The van der Waals surface area contributed by atoms with E-state index in [2.05, 4.69) is 94.3 Å². The molecule has 21 heteroatoms. The second-order valence-electron chi connectivity index (χ2n) is 25.7. The van der Waals surface area contributed by atoms with Crippen LogP contribution in [0.15, 0.2) is 24.3 Å². The van der Waals surface area contributed by atoms with Crippen LogP contribution in [0.1, 0.15) is 179 Å². The predicted octanol–water partition coefficient (Wildman–Crippen LogP) is 4.95. The van der Waals surface area contributed by atoms with Gasteiger partial charge in [0.15, 0.2) is 0 Å². The molecule has 2 heterocycles. The standard InChI is InChI=1S/C29H43FN4O4.C23H43N7O5.2C4H10/c1-19-16-24(34(18-19)28(38)21-11-13-22(30)14-12-21)27(37)32-23(15-10-20-8-6-5-7-9-20)26(36)31-17-25(35)33-29(2,3)4;1-16(2)13-17(27-18(32)14-25-15-31)19(33)28-23(5,6)21(35)29-22(3,4)20(34)26-9-12-30-10-7-24-8-11-30;2*1-4(2)3/h11-14,19-20,23-24H,5-10,15-18H2,1-4H3,(H,31,36)(H,32,37)(H,33,35);15-17,24H,7-14H2,1-6H3,(H,25,31)(H,26,34)(H,27,32)(H,28,33)(H,29,35);2*4H,1-3H3/t19?,23-,24-;17-;;/m00../s1. The molecule has 4 atom stereocenters. The monoisotopic (exact) mass is 1140 g/mol. The summed E-state index contributed by atoms with van der Waals surface area (Å²) in [7, 11) is 0. The molecule has 0 aromatic heterocycles. The Hall–Kier alpha value is -5.70. The van der Waals surface area contributed by atoms with E-state index in [4.69, 9.17) is 0 Å². The van der Waals surface area contributed by atoms with E-state index in [0.717, 1.165) is 63.8 Å². The van der Waals surface area contributed by atoms with E-state index in [1.165, 1.54) is 62.3 Å². The van der Waals surface area contributed by atoms with Gasteiger partial charge in [-0.2, -0.15) is 0 Å². The highest BCUT2D eigenvalue weighted by molar-refractivity contribution is 5.99. The van der Waals surface area contributed by atoms with Crippen LogP contribution in [0.5, 0.6) is 0 Å². The van der Waals surface area contributed by atoms with E-state index in [-0.39, 0.29) is 48.6 Å². The van der Waals surface area contributed by atoms with Crippen LogP contribution in [0.25, 0.3) is 0 Å². The van der Waals surface area contributed by atoms with Crippen molar-refractivity contribution in [3.8, 4) is 0 Å². The van der Waals surface area contributed by atoms with Crippen LogP contribution in [0, 0.1) is 35.4 Å². The van der Waals surface area contributed by atoms with Gasteiger partial charge < -0.3 is 52.8 Å². The van der Waals surface area contributed by atoms with Crippen molar-refractivity contribution in [1.29, 1.82) is 0 Å². The molecular formula is C60H106FN11O9. The fourth-order valence-corrected chi connectivity index (χ4v) is 8.96. The van der Waals surface area contributed by atoms with Crippen LogP contribution in [-0.4, -0.2) is 157 Å². The molecule has 0 spiro atoms. The number of carbonyl (C=O) groups is 9. The molecule has 462 valence electrons. The third-order valence-corrected chi connectivity index (χ3v) is 12.9. The first-order chi connectivity index (χ1) is 37.7. The van der Waals surface area contributed by atoms with Crippen molar-refractivity contribution in [3.05, 3.63) is 35.6 Å². The molecule has 1 saturated carbocycles. The fraction of sp³-hybridized carbons (Fsp3) is 0.750. The minimum absolute atomic E-state index is 0.0887. The SMILES string of the molecule is CC(C)C.CC(C)C.CC(C)C[C@H](NC(=O)CNC=O)C(=O)NC(C)(C)C(=O)NC(C)(C)C(=O)NCCN1CCNCC1.CC1C[C@@H](C(=O)N[C@@H](CCC2CCCCC2)C(=O)NCC(=O)NC(C)(C)C)N(C(=O)c2ccc(F)cc2)C1. The van der Waals surface area contributed by atoms with Crippen LogP contribution < -0.4 is 47.9 Å². The number of amides is 9. The number of hydrogen-bond donors (Lipinski definition) is 9. The second-order valence-corrected chi connectivity index (χ2v) is 25.7. The Morgan fingerprint density at radius 2 is 1.27 bits per heavy atom. The average molecular weight is 1140 g/mol. The maximum Gasteiger partial charge on any atom is 0.254 e. The Kier molecular flexibility index (Phi) is 33.2. The highest BCUT2D eigenvalue weighted by atomic mass is 19.1. The molecule has 1 aromatic rings. The molecule has 2 aliphatic heterocycles. The third-order valence-electron chi connectivity index (χ3n) is 12.9. The molecule has 81 heavy (non-hydrogen) atoms. The number of piperazine rings is 1. The van der Waals surface area contributed by atoms with Gasteiger partial charge >= 0.3 is 0 Å². The number of carbonyl (C=O) groups excluding carboxylic acids is 9. The lowest BCUT2D eigenvalue weighted by Gasteiger charge is -2.33. The Bertz CT molecular complexity index is 2110. The van der Waals surface area contributed by atoms with Crippen molar-refractivity contribution in [2.24, 2.45) is 29.6 Å². The van der Waals surface area contributed by atoms with Crippen LogP contribution in [-0.2, 0) is 38.4 Å². The summed E-state index contributed by atoms with van der Waals surface area (Å²) in [4.78, 5) is 117. The molecule has 1 unspecified atom stereocenters. The molecule has 0 bridgehead atoms. The number of benzene rings is 1. The summed E-state index contributed by atoms with van der Waals surface area (Å²) in [5.41, 5.74) is -2.66. The number of halogens is 1. The number of rotatable bonds is 23. The van der Waals surface area contributed by atoms with E-state index in [0.29, 0.717) is 50.2 Å². The van der Waals surface area contributed by atoms with Gasteiger partial charge in [0.05, 0.1) is 13.1 Å². The molecule has 3 aliphatic rings. The number of nitrogens with zero attached hydrogens (tertiary/aromatic N) is 2. The largest absolute Gasteiger partial charge is 0.353 e. The lowest BCUT2D eigenvalue weighted by Crippen LogP contribution is -2.64. The van der Waals surface area contributed by atoms with Gasteiger partial charge in [0.2, 0.25) is 47.8 Å². The van der Waals surface area contributed by atoms with E-state index in [1.807, 2.05) is 41.5 Å². The summed E-state index contributed by atoms with van der Waals surface area (Å²) in [6.45, 7) is 35.5. The Morgan fingerprint density at radius 3 is 1.81 bits per heavy atom. The van der Waals surface area contributed by atoms with Crippen LogP contribution >= 0.6 is 0 Å². The lowest BCUT2D eigenvalue weighted by atomic mass is 9.85. The summed E-state index contributed by atoms with van der Waals surface area (Å²) >= 11 is 0. The normalized spacial score (nSPS) is 17.5. The van der Waals surface area contributed by atoms with Crippen LogP contribution in [0.3, 0.4) is 0 Å². The van der Waals surface area contributed by atoms with Gasteiger partial charge in [-0.25, -0.2) is 4.39 Å². The van der Waals surface area contributed by atoms with Gasteiger partial charge in [0.1, 0.15) is 35.0 Å². The topological polar surface area (TPSA) is 268 Å². The van der Waals surface area contributed by atoms with Gasteiger partial charge in [-0.3, -0.25) is 48.1 Å². The Morgan fingerprint density at radius 1 is 0.704 bits per heavy atom. The zero-order valence-electron chi connectivity index (χ0n) is 52.2. The third kappa shape index (κ3) is 31.4. The number of likely N-dealkylation sites (tertiary alicyclic amines) is 1. The predicted molar refractivity (Wildman–Crippen MR) is 317 cm³/mol. The number of hydrogen-bond acceptors (Lipinski definition) is 11. The van der Waals surface area contributed by atoms with Crippen LogP contribution in [0.4, 0.5) is 4.39 Å². The summed E-state index contributed by atoms with van der Waals surface area (Å²) in [5, 5.41) is 24.8. The van der Waals surface area contributed by atoms with Gasteiger partial charge in [-0.15, -0.1) is 0 Å². The summed E-state index contributed by atoms with van der Waals surface area (Å²) in [5.74, 6) is -1.39. The summed E-state index contributed by atoms with van der Waals surface area (Å²) in [6.07, 6.45) is 8.34. The smallest absolute Gasteiger partial charge is 0.254 e. The Labute approximate surface area is 484 Å². The van der Waals surface area contributed by atoms with Gasteiger partial charge in [-0.1, -0.05) is 94.4 Å². The molecular weight excluding hydrogens is 1040 g/mol. The maximum atomic E-state index is 13.5. The highest BCUT2D eigenvalue weighted by Crippen LogP contribution is 2.29. The van der Waals surface area contributed by atoms with Crippen molar-refractivity contribution in [2.75, 3.05) is 58.9 Å². The van der Waals surface area contributed by atoms with E-state index in [1.54, 1.807) is 13.8 Å². The van der Waals surface area contributed by atoms with Gasteiger partial charge in [-0.05, 0) is 128 Å². The molecule has 1 aliphatic carbocycles. The van der Waals surface area contributed by atoms with Crippen molar-refractivity contribution in [1.82, 2.24) is 57.7 Å². The molecule has 20 nitrogen and oxygen atoms in total. The van der Waals surface area contributed by atoms with E-state index < -0.39 is 64.2 Å².